The molecule has 36 heavy (non-hydrogen) atoms. The Bertz CT molecular complexity index is 1150. The Hall–Kier alpha value is -3.59. The van der Waals surface area contributed by atoms with Crippen molar-refractivity contribution in [2.75, 3.05) is 33.9 Å². The van der Waals surface area contributed by atoms with E-state index in [2.05, 4.69) is 0 Å². The van der Waals surface area contributed by atoms with Crippen molar-refractivity contribution in [3.63, 3.8) is 0 Å². The molecular weight excluding hydrogens is 460 g/mol. The lowest BCUT2D eigenvalue weighted by Crippen LogP contribution is -2.45. The Labute approximate surface area is 211 Å². The normalized spacial score (nSPS) is 16.0. The van der Waals surface area contributed by atoms with Crippen molar-refractivity contribution in [1.82, 2.24) is 19.7 Å². The fraction of sp³-hybridized carbons (Fsp3) is 0.444. The van der Waals surface area contributed by atoms with Crippen molar-refractivity contribution in [1.29, 1.82) is 0 Å². The Balaban J connectivity index is 1.58. The lowest BCUT2D eigenvalue weighted by molar-refractivity contribution is -0.0475. The van der Waals surface area contributed by atoms with E-state index in [1.807, 2.05) is 74.0 Å². The summed E-state index contributed by atoms with van der Waals surface area (Å²) in [7, 11) is 3.29. The van der Waals surface area contributed by atoms with Gasteiger partial charge in [0.05, 0.1) is 33.9 Å². The van der Waals surface area contributed by atoms with Gasteiger partial charge in [-0.2, -0.15) is 5.10 Å². The molecule has 0 radical (unpaired) electrons. The molecule has 9 nitrogen and oxygen atoms in total. The molecule has 1 aromatic heterocycles. The fourth-order valence-corrected chi connectivity index (χ4v) is 3.96. The second kappa shape index (κ2) is 11.0. The Morgan fingerprint density at radius 2 is 1.61 bits per heavy atom. The summed E-state index contributed by atoms with van der Waals surface area (Å²) in [5, 5.41) is 4.82. The van der Waals surface area contributed by atoms with Gasteiger partial charge in [-0.15, -0.1) is 0 Å². The first-order valence-corrected chi connectivity index (χ1v) is 12.0. The van der Waals surface area contributed by atoms with Crippen LogP contribution in [-0.2, 0) is 22.4 Å². The van der Waals surface area contributed by atoms with Gasteiger partial charge in [-0.05, 0) is 56.2 Å². The van der Waals surface area contributed by atoms with E-state index in [0.29, 0.717) is 44.3 Å². The van der Waals surface area contributed by atoms with Crippen LogP contribution in [0.3, 0.4) is 0 Å². The van der Waals surface area contributed by atoms with Gasteiger partial charge >= 0.3 is 6.09 Å². The third-order valence-electron chi connectivity index (χ3n) is 5.76. The number of hydrogen-bond donors (Lipinski definition) is 0. The predicted octanol–water partition coefficient (Wildman–Crippen LogP) is 4.24. The van der Waals surface area contributed by atoms with Gasteiger partial charge < -0.3 is 23.8 Å². The molecule has 0 saturated carbocycles. The van der Waals surface area contributed by atoms with E-state index in [-0.39, 0.29) is 6.09 Å². The van der Waals surface area contributed by atoms with Gasteiger partial charge in [0.25, 0.3) is 0 Å². The number of rotatable bonds is 7. The van der Waals surface area contributed by atoms with E-state index >= 15 is 0 Å². The number of ether oxygens (including phenoxy) is 4. The summed E-state index contributed by atoms with van der Waals surface area (Å²) in [5.41, 5.74) is 1.56. The standard InChI is InChI=1S/C27H34N4O5/c1-27(2,3)36-26(32)30-14-15-35-23(18-30)25-28-24(16-19-6-10-21(33-4)11-7-19)29-31(25)17-20-8-12-22(34-5)13-9-20/h6-13,23H,14-18H2,1-5H3. The van der Waals surface area contributed by atoms with Crippen molar-refractivity contribution < 1.29 is 23.7 Å². The molecule has 0 bridgehead atoms. The monoisotopic (exact) mass is 494 g/mol. The molecule has 1 atom stereocenters. The average molecular weight is 495 g/mol. The third kappa shape index (κ3) is 6.54. The van der Waals surface area contributed by atoms with Crippen LogP contribution in [0.25, 0.3) is 0 Å². The first-order chi connectivity index (χ1) is 17.2. The van der Waals surface area contributed by atoms with Crippen LogP contribution in [0.15, 0.2) is 48.5 Å². The van der Waals surface area contributed by atoms with Crippen molar-refractivity contribution in [3.05, 3.63) is 71.3 Å². The highest BCUT2D eigenvalue weighted by molar-refractivity contribution is 5.68. The van der Waals surface area contributed by atoms with Gasteiger partial charge in [0.1, 0.15) is 23.2 Å². The van der Waals surface area contributed by atoms with Crippen LogP contribution in [0, 0.1) is 0 Å². The second-order valence-electron chi connectivity index (χ2n) is 9.70. The fourth-order valence-electron chi connectivity index (χ4n) is 3.96. The van der Waals surface area contributed by atoms with Gasteiger partial charge in [0.15, 0.2) is 11.6 Å². The van der Waals surface area contributed by atoms with Gasteiger partial charge in [0.2, 0.25) is 0 Å². The maximum Gasteiger partial charge on any atom is 0.410 e. The van der Waals surface area contributed by atoms with Crippen LogP contribution in [0.2, 0.25) is 0 Å². The number of aromatic nitrogens is 3. The zero-order valence-corrected chi connectivity index (χ0v) is 21.6. The van der Waals surface area contributed by atoms with Crippen molar-refractivity contribution in [3.8, 4) is 11.5 Å². The molecular formula is C27H34N4O5. The Kier molecular flexibility index (Phi) is 7.79. The molecule has 192 valence electrons. The minimum atomic E-state index is -0.565. The maximum atomic E-state index is 12.7. The molecule has 3 aromatic rings. The molecule has 1 amide bonds. The molecule has 2 aromatic carbocycles. The lowest BCUT2D eigenvalue weighted by Gasteiger charge is -2.33. The van der Waals surface area contributed by atoms with E-state index in [1.54, 1.807) is 19.1 Å². The summed E-state index contributed by atoms with van der Waals surface area (Å²) in [6.07, 6.45) is -0.202. The molecule has 9 heteroatoms. The zero-order valence-electron chi connectivity index (χ0n) is 21.6. The van der Waals surface area contributed by atoms with Gasteiger partial charge in [0, 0.05) is 13.0 Å². The van der Waals surface area contributed by atoms with Crippen LogP contribution in [0.1, 0.15) is 49.7 Å². The maximum absolute atomic E-state index is 12.7. The van der Waals surface area contributed by atoms with Crippen LogP contribution in [-0.4, -0.2) is 65.3 Å². The summed E-state index contributed by atoms with van der Waals surface area (Å²) < 4.78 is 24.1. The quantitative estimate of drug-likeness (QED) is 0.485. The smallest absolute Gasteiger partial charge is 0.410 e. The number of methoxy groups -OCH3 is 2. The lowest BCUT2D eigenvalue weighted by atomic mass is 10.1. The SMILES string of the molecule is COc1ccc(Cc2nc(C3CN(C(=O)OC(C)(C)C)CCO3)n(Cc3ccc(OC)cc3)n2)cc1. The molecule has 0 spiro atoms. The molecule has 4 rings (SSSR count). The largest absolute Gasteiger partial charge is 0.497 e. The number of benzene rings is 2. The van der Waals surface area contributed by atoms with Crippen molar-refractivity contribution in [2.45, 2.75) is 45.4 Å². The first kappa shape index (κ1) is 25.5. The van der Waals surface area contributed by atoms with E-state index in [9.17, 15) is 4.79 Å². The Morgan fingerprint density at radius 3 is 2.19 bits per heavy atom. The topological polar surface area (TPSA) is 87.9 Å². The molecule has 1 unspecified atom stereocenters. The van der Waals surface area contributed by atoms with E-state index in [1.165, 1.54) is 0 Å². The average Bonchev–Trinajstić information content (AvgIpc) is 3.26. The second-order valence-corrected chi connectivity index (χ2v) is 9.70. The van der Waals surface area contributed by atoms with E-state index < -0.39 is 11.7 Å². The third-order valence-corrected chi connectivity index (χ3v) is 5.76. The number of carbonyl (C=O) groups excluding carboxylic acids is 1. The summed E-state index contributed by atoms with van der Waals surface area (Å²) in [6.45, 7) is 7.31. The number of morpholine rings is 1. The Morgan fingerprint density at radius 1 is 1.00 bits per heavy atom. The zero-order chi connectivity index (χ0) is 25.7. The summed E-state index contributed by atoms with van der Waals surface area (Å²) in [5.74, 6) is 2.96. The molecule has 1 aliphatic rings. The molecule has 1 aliphatic heterocycles. The highest BCUT2D eigenvalue weighted by Gasteiger charge is 2.32. The van der Waals surface area contributed by atoms with Crippen LogP contribution < -0.4 is 9.47 Å². The van der Waals surface area contributed by atoms with Gasteiger partial charge in [-0.1, -0.05) is 24.3 Å². The highest BCUT2D eigenvalue weighted by Crippen LogP contribution is 2.25. The van der Waals surface area contributed by atoms with Crippen LogP contribution >= 0.6 is 0 Å². The minimum absolute atomic E-state index is 0.345. The first-order valence-electron chi connectivity index (χ1n) is 12.0. The number of nitrogens with zero attached hydrogens (tertiary/aromatic N) is 4. The molecule has 0 aliphatic carbocycles. The summed E-state index contributed by atoms with van der Waals surface area (Å²) >= 11 is 0. The predicted molar refractivity (Wildman–Crippen MR) is 134 cm³/mol. The molecule has 1 fully saturated rings. The number of carbonyl (C=O) groups is 1. The van der Waals surface area contributed by atoms with E-state index in [0.717, 1.165) is 22.6 Å². The summed E-state index contributed by atoms with van der Waals surface area (Å²) in [4.78, 5) is 19.2. The molecule has 1 saturated heterocycles. The molecule has 0 N–H and O–H groups in total. The van der Waals surface area contributed by atoms with Crippen molar-refractivity contribution in [2.24, 2.45) is 0 Å². The highest BCUT2D eigenvalue weighted by atomic mass is 16.6. The van der Waals surface area contributed by atoms with Gasteiger partial charge in [-0.25, -0.2) is 14.5 Å². The minimum Gasteiger partial charge on any atom is -0.497 e. The van der Waals surface area contributed by atoms with Crippen molar-refractivity contribution >= 4 is 6.09 Å². The van der Waals surface area contributed by atoms with E-state index in [4.69, 9.17) is 29.0 Å². The number of hydrogen-bond acceptors (Lipinski definition) is 7. The van der Waals surface area contributed by atoms with Gasteiger partial charge in [-0.3, -0.25) is 0 Å². The molecule has 2 heterocycles. The van der Waals surface area contributed by atoms with Crippen LogP contribution in [0.5, 0.6) is 11.5 Å². The summed E-state index contributed by atoms with van der Waals surface area (Å²) in [6, 6.07) is 15.7. The number of amides is 1. The van der Waals surface area contributed by atoms with Crippen LogP contribution in [0.4, 0.5) is 4.79 Å².